The lowest BCUT2D eigenvalue weighted by molar-refractivity contribution is -0.385. The quantitative estimate of drug-likeness (QED) is 0.588. The monoisotopic (exact) mass is 234 g/mol. The number of nitriles is 1. The van der Waals surface area contributed by atoms with Gasteiger partial charge in [-0.3, -0.25) is 10.1 Å². The highest BCUT2D eigenvalue weighted by atomic mass is 16.6. The van der Waals surface area contributed by atoms with Crippen molar-refractivity contribution in [1.82, 2.24) is 4.98 Å². The Morgan fingerprint density at radius 2 is 2.35 bits per heavy atom. The maximum atomic E-state index is 10.6. The summed E-state index contributed by atoms with van der Waals surface area (Å²) in [6.07, 6.45) is 1.65. The number of anilines is 1. The second kappa shape index (κ2) is 3.99. The Kier molecular flexibility index (Phi) is 2.65. The van der Waals surface area contributed by atoms with Crippen LogP contribution in [0.1, 0.15) is 18.5 Å². The molecule has 7 heteroatoms. The van der Waals surface area contributed by atoms with Crippen LogP contribution in [-0.2, 0) is 0 Å². The fourth-order valence-electron chi connectivity index (χ4n) is 1.50. The van der Waals surface area contributed by atoms with Gasteiger partial charge in [0, 0.05) is 6.07 Å². The molecule has 1 fully saturated rings. The van der Waals surface area contributed by atoms with E-state index in [1.165, 1.54) is 12.1 Å². The minimum Gasteiger partial charge on any atom is -0.394 e. The molecular weight excluding hydrogens is 224 g/mol. The van der Waals surface area contributed by atoms with Crippen LogP contribution < -0.4 is 5.32 Å². The molecule has 0 aliphatic heterocycles. The van der Waals surface area contributed by atoms with Crippen LogP contribution in [0.3, 0.4) is 0 Å². The van der Waals surface area contributed by atoms with Crippen molar-refractivity contribution in [3.05, 3.63) is 27.9 Å². The summed E-state index contributed by atoms with van der Waals surface area (Å²) in [5.74, 6) is 0.374. The topological polar surface area (TPSA) is 112 Å². The van der Waals surface area contributed by atoms with E-state index in [-0.39, 0.29) is 23.5 Å². The van der Waals surface area contributed by atoms with E-state index in [0.29, 0.717) is 5.82 Å². The Balaban J connectivity index is 2.27. The van der Waals surface area contributed by atoms with Gasteiger partial charge >= 0.3 is 5.69 Å². The molecule has 0 saturated heterocycles. The number of rotatable bonds is 4. The molecule has 1 aromatic heterocycles. The maximum absolute atomic E-state index is 10.6. The van der Waals surface area contributed by atoms with E-state index in [9.17, 15) is 10.1 Å². The third-order valence-electron chi connectivity index (χ3n) is 2.73. The van der Waals surface area contributed by atoms with E-state index >= 15 is 0 Å². The third-order valence-corrected chi connectivity index (χ3v) is 2.73. The number of nitrogens with zero attached hydrogens (tertiary/aromatic N) is 3. The predicted octanol–water partition coefficient (Wildman–Crippen LogP) is 0.798. The molecule has 0 aromatic carbocycles. The molecule has 2 rings (SSSR count). The lowest BCUT2D eigenvalue weighted by Crippen LogP contribution is -2.26. The fourth-order valence-corrected chi connectivity index (χ4v) is 1.50. The summed E-state index contributed by atoms with van der Waals surface area (Å²) in [7, 11) is 0. The first-order valence-corrected chi connectivity index (χ1v) is 5.05. The van der Waals surface area contributed by atoms with Crippen molar-refractivity contribution < 1.29 is 10.0 Å². The summed E-state index contributed by atoms with van der Waals surface area (Å²) >= 11 is 0. The minimum atomic E-state index is -0.645. The van der Waals surface area contributed by atoms with Gasteiger partial charge in [0.25, 0.3) is 0 Å². The molecule has 1 aliphatic carbocycles. The van der Waals surface area contributed by atoms with E-state index < -0.39 is 4.92 Å². The van der Waals surface area contributed by atoms with Crippen molar-refractivity contribution in [3.8, 4) is 6.07 Å². The molecule has 1 aliphatic rings. The highest BCUT2D eigenvalue weighted by molar-refractivity contribution is 5.52. The van der Waals surface area contributed by atoms with Crippen molar-refractivity contribution >= 4 is 11.5 Å². The molecule has 0 unspecified atom stereocenters. The standard InChI is InChI=1S/C10H10N4O3/c11-5-7-8(14(16)17)1-2-9(12-7)13-10(6-15)3-4-10/h1-2,15H,3-4,6H2,(H,12,13). The predicted molar refractivity (Wildman–Crippen MR) is 58.3 cm³/mol. The number of hydrogen-bond acceptors (Lipinski definition) is 6. The van der Waals surface area contributed by atoms with Gasteiger partial charge in [0.05, 0.1) is 17.1 Å². The Hall–Kier alpha value is -2.20. The molecule has 0 atom stereocenters. The molecule has 17 heavy (non-hydrogen) atoms. The van der Waals surface area contributed by atoms with Gasteiger partial charge in [-0.15, -0.1) is 0 Å². The Bertz CT molecular complexity index is 505. The van der Waals surface area contributed by atoms with E-state index in [1.807, 2.05) is 0 Å². The first-order chi connectivity index (χ1) is 8.10. The zero-order valence-electron chi connectivity index (χ0n) is 8.88. The van der Waals surface area contributed by atoms with E-state index in [4.69, 9.17) is 10.4 Å². The zero-order chi connectivity index (χ0) is 12.5. The number of hydrogen-bond donors (Lipinski definition) is 2. The summed E-state index contributed by atoms with van der Waals surface area (Å²) in [6, 6.07) is 4.36. The Morgan fingerprint density at radius 1 is 1.65 bits per heavy atom. The lowest BCUT2D eigenvalue weighted by atomic mass is 10.2. The van der Waals surface area contributed by atoms with Gasteiger partial charge in [-0.25, -0.2) is 4.98 Å². The van der Waals surface area contributed by atoms with E-state index in [2.05, 4.69) is 10.3 Å². The van der Waals surface area contributed by atoms with Gasteiger partial charge in [-0.05, 0) is 18.9 Å². The van der Waals surface area contributed by atoms with Crippen LogP contribution in [0, 0.1) is 21.4 Å². The summed E-state index contributed by atoms with van der Waals surface area (Å²) < 4.78 is 0. The van der Waals surface area contributed by atoms with Gasteiger partial charge < -0.3 is 10.4 Å². The molecule has 1 aromatic rings. The van der Waals surface area contributed by atoms with Crippen molar-refractivity contribution in [2.75, 3.05) is 11.9 Å². The third kappa shape index (κ3) is 2.16. The zero-order valence-corrected chi connectivity index (χ0v) is 8.88. The number of nitrogens with one attached hydrogen (secondary N) is 1. The Morgan fingerprint density at radius 3 is 2.82 bits per heavy atom. The average molecular weight is 234 g/mol. The largest absolute Gasteiger partial charge is 0.394 e. The summed E-state index contributed by atoms with van der Waals surface area (Å²) in [5, 5.41) is 31.5. The smallest absolute Gasteiger partial charge is 0.305 e. The number of aliphatic hydroxyl groups is 1. The molecule has 1 saturated carbocycles. The second-order valence-electron chi connectivity index (χ2n) is 4.00. The van der Waals surface area contributed by atoms with Gasteiger partial charge in [-0.2, -0.15) is 5.26 Å². The van der Waals surface area contributed by atoms with Gasteiger partial charge in [0.1, 0.15) is 11.9 Å². The van der Waals surface area contributed by atoms with E-state index in [0.717, 1.165) is 12.8 Å². The van der Waals surface area contributed by atoms with Crippen LogP contribution in [0.4, 0.5) is 11.5 Å². The van der Waals surface area contributed by atoms with Crippen molar-refractivity contribution in [2.24, 2.45) is 0 Å². The van der Waals surface area contributed by atoms with Crippen LogP contribution in [0.15, 0.2) is 12.1 Å². The fraction of sp³-hybridized carbons (Fsp3) is 0.400. The number of pyridine rings is 1. The van der Waals surface area contributed by atoms with Crippen LogP contribution >= 0.6 is 0 Å². The van der Waals surface area contributed by atoms with Crippen molar-refractivity contribution in [1.29, 1.82) is 5.26 Å². The van der Waals surface area contributed by atoms with Crippen LogP contribution in [0.25, 0.3) is 0 Å². The highest BCUT2D eigenvalue weighted by Gasteiger charge is 2.42. The first-order valence-electron chi connectivity index (χ1n) is 5.05. The van der Waals surface area contributed by atoms with Crippen LogP contribution in [0.2, 0.25) is 0 Å². The number of aromatic nitrogens is 1. The lowest BCUT2D eigenvalue weighted by Gasteiger charge is -2.14. The SMILES string of the molecule is N#Cc1nc(NC2(CO)CC2)ccc1[N+](=O)[O-]. The summed E-state index contributed by atoms with van der Waals surface area (Å²) in [6.45, 7) is -0.0203. The van der Waals surface area contributed by atoms with Crippen molar-refractivity contribution in [2.45, 2.75) is 18.4 Å². The van der Waals surface area contributed by atoms with Crippen molar-refractivity contribution in [3.63, 3.8) is 0 Å². The summed E-state index contributed by atoms with van der Waals surface area (Å²) in [4.78, 5) is 13.8. The molecule has 0 spiro atoms. The summed E-state index contributed by atoms with van der Waals surface area (Å²) in [5.41, 5.74) is -0.906. The highest BCUT2D eigenvalue weighted by Crippen LogP contribution is 2.38. The average Bonchev–Trinajstić information content (AvgIpc) is 3.09. The van der Waals surface area contributed by atoms with Gasteiger partial charge in [-0.1, -0.05) is 0 Å². The Labute approximate surface area is 96.9 Å². The van der Waals surface area contributed by atoms with Gasteiger partial charge in [0.15, 0.2) is 0 Å². The van der Waals surface area contributed by atoms with Crippen LogP contribution in [0.5, 0.6) is 0 Å². The molecule has 0 amide bonds. The first kappa shape index (κ1) is 11.3. The van der Waals surface area contributed by atoms with Crippen LogP contribution in [-0.4, -0.2) is 27.2 Å². The molecule has 88 valence electrons. The molecule has 7 nitrogen and oxygen atoms in total. The number of aliphatic hydroxyl groups excluding tert-OH is 1. The molecular formula is C10H10N4O3. The van der Waals surface area contributed by atoms with E-state index in [1.54, 1.807) is 6.07 Å². The second-order valence-corrected chi connectivity index (χ2v) is 4.00. The molecule has 1 heterocycles. The van der Waals surface area contributed by atoms with Gasteiger partial charge in [0.2, 0.25) is 5.69 Å². The maximum Gasteiger partial charge on any atom is 0.305 e. The molecule has 0 bridgehead atoms. The number of nitro groups is 1. The normalized spacial score (nSPS) is 16.0. The minimum absolute atomic E-state index is 0.0203. The molecule has 0 radical (unpaired) electrons. The molecule has 2 N–H and O–H groups in total.